The molecule has 3 fully saturated rings. The summed E-state index contributed by atoms with van der Waals surface area (Å²) in [4.78, 5) is 46.8. The van der Waals surface area contributed by atoms with Crippen molar-refractivity contribution >= 4 is 29.1 Å². The van der Waals surface area contributed by atoms with Gasteiger partial charge in [0.05, 0.1) is 42.0 Å². The number of halogens is 1. The molecule has 3 heterocycles. The fraction of sp³-hybridized carbons (Fsp3) is 0.514. The molecule has 3 N–H and O–H groups in total. The highest BCUT2D eigenvalue weighted by atomic mass is 32.1. The van der Waals surface area contributed by atoms with Gasteiger partial charge in [-0.2, -0.15) is 0 Å². The number of nitrogens with one attached hydrogen (secondary N) is 2. The third kappa shape index (κ3) is 8.17. The lowest BCUT2D eigenvalue weighted by atomic mass is 9.85. The Bertz CT molecular complexity index is 1700. The van der Waals surface area contributed by atoms with Gasteiger partial charge in [0.25, 0.3) is 5.91 Å². The minimum absolute atomic E-state index is 0.0418. The number of carbonyl (C=O) groups is 3. The molecular formula is C37H45FN4O7S. The lowest BCUT2D eigenvalue weighted by molar-refractivity contribution is -0.145. The van der Waals surface area contributed by atoms with E-state index in [-0.39, 0.29) is 38.6 Å². The largest absolute Gasteiger partial charge is 0.493 e. The standard InChI is InChI=1S/C37H45FN4O7S/c1-22-30(50-21-40-22)25-9-10-26(29(17-25)47-14-11-23-5-7-24(8-6-23)34-48-15-16-49-34)19-39-32(44)28-18-27(43)20-42(28)33(45)31(36(2,3)4)41-35(46)37(38)12-13-37/h5-10,17,21,27-28,31,34,43H,11-16,18-20H2,1-4H3,(H,39,44)(H,41,46)/t27-,28-,31+/m0/s1. The van der Waals surface area contributed by atoms with Crippen LogP contribution in [0.25, 0.3) is 10.4 Å². The Morgan fingerprint density at radius 2 is 1.86 bits per heavy atom. The number of hydrogen-bond acceptors (Lipinski definition) is 9. The lowest BCUT2D eigenvalue weighted by Gasteiger charge is -2.35. The number of ether oxygens (including phenoxy) is 3. The van der Waals surface area contributed by atoms with E-state index in [1.165, 1.54) is 16.2 Å². The highest BCUT2D eigenvalue weighted by Gasteiger charge is 2.53. The SMILES string of the molecule is Cc1ncsc1-c1ccc(CNC(=O)[C@@H]2C[C@H](O)CN2C(=O)[C@@H](NC(=O)C2(F)CC2)C(C)(C)C)c(OCCc2ccc(C3OCCO3)cc2)c1. The van der Waals surface area contributed by atoms with E-state index in [0.717, 1.165) is 32.8 Å². The number of likely N-dealkylation sites (tertiary alicyclic amines) is 1. The number of benzene rings is 2. The predicted molar refractivity (Wildman–Crippen MR) is 185 cm³/mol. The number of alkyl halides is 1. The Labute approximate surface area is 295 Å². The maximum Gasteiger partial charge on any atom is 0.258 e. The summed E-state index contributed by atoms with van der Waals surface area (Å²) in [6.07, 6.45) is -0.324. The molecule has 0 unspecified atom stereocenters. The summed E-state index contributed by atoms with van der Waals surface area (Å²) in [5.41, 5.74) is 3.73. The molecule has 2 aromatic carbocycles. The van der Waals surface area contributed by atoms with Crippen LogP contribution in [0.5, 0.6) is 5.75 Å². The molecule has 1 aromatic heterocycles. The van der Waals surface area contributed by atoms with E-state index in [4.69, 9.17) is 14.2 Å². The van der Waals surface area contributed by atoms with Crippen molar-refractivity contribution in [1.82, 2.24) is 20.5 Å². The lowest BCUT2D eigenvalue weighted by Crippen LogP contribution is -2.59. The summed E-state index contributed by atoms with van der Waals surface area (Å²) in [6, 6.07) is 11.8. The molecule has 50 heavy (non-hydrogen) atoms. The first kappa shape index (κ1) is 35.9. The highest BCUT2D eigenvalue weighted by Crippen LogP contribution is 2.40. The zero-order chi connectivity index (χ0) is 35.6. The van der Waals surface area contributed by atoms with Crippen molar-refractivity contribution < 1.29 is 38.1 Å². The molecule has 0 spiro atoms. The first-order chi connectivity index (χ1) is 23.8. The van der Waals surface area contributed by atoms with Gasteiger partial charge in [-0.3, -0.25) is 14.4 Å². The van der Waals surface area contributed by atoms with Gasteiger partial charge >= 0.3 is 0 Å². The molecule has 13 heteroatoms. The van der Waals surface area contributed by atoms with Crippen LogP contribution in [0.2, 0.25) is 0 Å². The Balaban J connectivity index is 1.14. The van der Waals surface area contributed by atoms with Gasteiger partial charge in [0, 0.05) is 37.1 Å². The van der Waals surface area contributed by atoms with Gasteiger partial charge in [0.2, 0.25) is 11.8 Å². The number of thiazole rings is 1. The molecule has 3 aromatic rings. The zero-order valence-corrected chi connectivity index (χ0v) is 29.7. The Hall–Kier alpha value is -3.91. The Morgan fingerprint density at radius 3 is 2.50 bits per heavy atom. The molecule has 268 valence electrons. The first-order valence-electron chi connectivity index (χ1n) is 17.1. The van der Waals surface area contributed by atoms with Gasteiger partial charge in [0.1, 0.15) is 17.8 Å². The van der Waals surface area contributed by atoms with Gasteiger partial charge < -0.3 is 34.9 Å². The summed E-state index contributed by atoms with van der Waals surface area (Å²) in [6.45, 7) is 8.86. The van der Waals surface area contributed by atoms with Crippen LogP contribution in [0.1, 0.15) is 68.7 Å². The maximum absolute atomic E-state index is 14.5. The molecule has 3 amide bonds. The molecule has 1 aliphatic carbocycles. The average Bonchev–Trinajstić information content (AvgIpc) is 3.46. The number of β-amino-alcohol motifs (C(OH)–C–C–N with tert-alkyl or cyclic N) is 1. The Morgan fingerprint density at radius 1 is 1.14 bits per heavy atom. The van der Waals surface area contributed by atoms with E-state index >= 15 is 0 Å². The number of amides is 3. The van der Waals surface area contributed by atoms with Crippen molar-refractivity contribution in [2.45, 2.75) is 90.1 Å². The fourth-order valence-electron chi connectivity index (χ4n) is 6.24. The fourth-order valence-corrected chi connectivity index (χ4v) is 7.05. The van der Waals surface area contributed by atoms with E-state index in [1.807, 2.05) is 49.4 Å². The second kappa shape index (κ2) is 14.7. The molecule has 11 nitrogen and oxygen atoms in total. The van der Waals surface area contributed by atoms with Gasteiger partial charge in [-0.1, -0.05) is 57.2 Å². The quantitative estimate of drug-likeness (QED) is 0.252. The third-order valence-electron chi connectivity index (χ3n) is 9.40. The van der Waals surface area contributed by atoms with Crippen LogP contribution in [0.3, 0.4) is 0 Å². The smallest absolute Gasteiger partial charge is 0.258 e. The minimum atomic E-state index is -1.95. The second-order valence-corrected chi connectivity index (χ2v) is 15.2. The summed E-state index contributed by atoms with van der Waals surface area (Å²) in [7, 11) is 0. The van der Waals surface area contributed by atoms with E-state index in [0.29, 0.717) is 32.0 Å². The third-order valence-corrected chi connectivity index (χ3v) is 10.4. The van der Waals surface area contributed by atoms with E-state index in [2.05, 4.69) is 15.6 Å². The normalized spacial score (nSPS) is 20.8. The number of aliphatic hydroxyl groups excluding tert-OH is 1. The van der Waals surface area contributed by atoms with Crippen LogP contribution >= 0.6 is 11.3 Å². The van der Waals surface area contributed by atoms with Crippen molar-refractivity contribution in [2.75, 3.05) is 26.4 Å². The Kier molecular flexibility index (Phi) is 10.6. The number of aliphatic hydroxyl groups is 1. The molecule has 6 rings (SSSR count). The summed E-state index contributed by atoms with van der Waals surface area (Å²) >= 11 is 1.53. The van der Waals surface area contributed by atoms with Crippen molar-refractivity contribution in [3.63, 3.8) is 0 Å². The number of aromatic nitrogens is 1. The van der Waals surface area contributed by atoms with Crippen LogP contribution in [-0.4, -0.2) is 82.9 Å². The number of nitrogens with zero attached hydrogens (tertiary/aromatic N) is 2. The van der Waals surface area contributed by atoms with Crippen LogP contribution < -0.4 is 15.4 Å². The molecule has 0 bridgehead atoms. The van der Waals surface area contributed by atoms with Gasteiger partial charge in [-0.25, -0.2) is 9.37 Å². The average molecular weight is 709 g/mol. The van der Waals surface area contributed by atoms with Crippen LogP contribution in [-0.2, 0) is 36.8 Å². The predicted octanol–water partition coefficient (Wildman–Crippen LogP) is 4.40. The van der Waals surface area contributed by atoms with Gasteiger partial charge in [0.15, 0.2) is 12.0 Å². The molecule has 2 saturated heterocycles. The molecule has 1 saturated carbocycles. The molecule has 0 radical (unpaired) electrons. The summed E-state index contributed by atoms with van der Waals surface area (Å²) in [5.74, 6) is -1.19. The first-order valence-corrected chi connectivity index (χ1v) is 17.9. The summed E-state index contributed by atoms with van der Waals surface area (Å²) < 4.78 is 32.0. The minimum Gasteiger partial charge on any atom is -0.493 e. The van der Waals surface area contributed by atoms with Gasteiger partial charge in [-0.15, -0.1) is 11.3 Å². The van der Waals surface area contributed by atoms with Crippen molar-refractivity contribution in [2.24, 2.45) is 5.41 Å². The van der Waals surface area contributed by atoms with Crippen molar-refractivity contribution in [3.8, 4) is 16.2 Å². The second-order valence-electron chi connectivity index (χ2n) is 14.4. The van der Waals surface area contributed by atoms with Crippen LogP contribution in [0.15, 0.2) is 48.0 Å². The van der Waals surface area contributed by atoms with Crippen molar-refractivity contribution in [1.29, 1.82) is 0 Å². The molecule has 3 aliphatic rings. The molecule has 2 aliphatic heterocycles. The van der Waals surface area contributed by atoms with E-state index in [9.17, 15) is 23.9 Å². The maximum atomic E-state index is 14.5. The monoisotopic (exact) mass is 708 g/mol. The van der Waals surface area contributed by atoms with Gasteiger partial charge in [-0.05, 0) is 42.4 Å². The van der Waals surface area contributed by atoms with E-state index in [1.54, 1.807) is 26.3 Å². The number of hydrogen-bond donors (Lipinski definition) is 3. The highest BCUT2D eigenvalue weighted by molar-refractivity contribution is 7.13. The number of rotatable bonds is 12. The summed E-state index contributed by atoms with van der Waals surface area (Å²) in [5, 5.41) is 16.1. The molecule has 3 atom stereocenters. The van der Waals surface area contributed by atoms with Crippen LogP contribution in [0.4, 0.5) is 4.39 Å². The zero-order valence-electron chi connectivity index (χ0n) is 28.9. The van der Waals surface area contributed by atoms with Crippen LogP contribution in [0, 0.1) is 12.3 Å². The molecular weight excluding hydrogens is 663 g/mol. The topological polar surface area (TPSA) is 139 Å². The van der Waals surface area contributed by atoms with E-state index < -0.39 is 47.0 Å². The number of carbonyl (C=O) groups excluding carboxylic acids is 3. The number of aryl methyl sites for hydroxylation is 1. The van der Waals surface area contributed by atoms with Crippen molar-refractivity contribution in [3.05, 3.63) is 70.4 Å².